The summed E-state index contributed by atoms with van der Waals surface area (Å²) < 4.78 is 15.1. The molecule has 0 bridgehead atoms. The van der Waals surface area contributed by atoms with Crippen LogP contribution in [0.3, 0.4) is 0 Å². The van der Waals surface area contributed by atoms with Crippen molar-refractivity contribution in [2.24, 2.45) is 0 Å². The Morgan fingerprint density at radius 3 is 1.16 bits per heavy atom. The zero-order valence-corrected chi connectivity index (χ0v) is 22.9. The van der Waals surface area contributed by atoms with Crippen LogP contribution in [-0.4, -0.2) is 46.0 Å². The molecule has 0 spiro atoms. The maximum absolute atomic E-state index is 13.0. The number of carbonyl (C=O) groups excluding carboxylic acids is 4. The number of halogens is 2. The maximum Gasteiger partial charge on any atom is 0.347 e. The predicted molar refractivity (Wildman–Crippen MR) is 149 cm³/mol. The Bertz CT molecular complexity index is 1650. The van der Waals surface area contributed by atoms with Gasteiger partial charge in [0.05, 0.1) is 22.3 Å². The largest absolute Gasteiger partial charge is 0.478 e. The van der Waals surface area contributed by atoms with Gasteiger partial charge in [-0.25, -0.2) is 28.8 Å². The van der Waals surface area contributed by atoms with E-state index in [0.717, 1.165) is 24.3 Å². The molecule has 4 rings (SSSR count). The minimum atomic E-state index is -1.69. The number of ether oxygens (including phenoxy) is 3. The van der Waals surface area contributed by atoms with Crippen LogP contribution in [0.4, 0.5) is 0 Å². The lowest BCUT2D eigenvalue weighted by Crippen LogP contribution is -2.20. The average molecular weight is 623 g/mol. The van der Waals surface area contributed by atoms with Crippen LogP contribution in [0.15, 0.2) is 84.9 Å². The lowest BCUT2D eigenvalue weighted by Gasteiger charge is -2.13. The zero-order valence-electron chi connectivity index (χ0n) is 21.4. The first-order chi connectivity index (χ1) is 20.5. The summed E-state index contributed by atoms with van der Waals surface area (Å²) in [5.74, 6) is -9.36. The summed E-state index contributed by atoms with van der Waals surface area (Å²) in [6, 6.07) is 17.6. The second-order valence-corrected chi connectivity index (χ2v) is 9.31. The lowest BCUT2D eigenvalue weighted by atomic mass is 10.1. The van der Waals surface area contributed by atoms with Crippen molar-refractivity contribution in [1.82, 2.24) is 0 Å². The van der Waals surface area contributed by atoms with Gasteiger partial charge in [-0.2, -0.15) is 0 Å². The highest BCUT2D eigenvalue weighted by atomic mass is 35.5. The number of benzene rings is 4. The molecule has 2 N–H and O–H groups in total. The molecule has 0 saturated carbocycles. The molecule has 0 unspecified atom stereocenters. The van der Waals surface area contributed by atoms with Gasteiger partial charge in [0.15, 0.2) is 0 Å². The molecule has 0 aliphatic heterocycles. The van der Waals surface area contributed by atoms with Crippen molar-refractivity contribution in [3.05, 3.63) is 128 Å². The van der Waals surface area contributed by atoms with Crippen molar-refractivity contribution in [3.63, 3.8) is 0 Å². The Balaban J connectivity index is 1.61. The summed E-state index contributed by atoms with van der Waals surface area (Å²) in [7, 11) is 0. The van der Waals surface area contributed by atoms with E-state index in [4.69, 9.17) is 37.4 Å². The molecule has 43 heavy (non-hydrogen) atoms. The molecule has 0 aromatic heterocycles. The fourth-order valence-electron chi connectivity index (χ4n) is 3.70. The van der Waals surface area contributed by atoms with Crippen LogP contribution in [0.5, 0.6) is 11.5 Å². The molecule has 216 valence electrons. The number of carbonyl (C=O) groups is 6. The van der Waals surface area contributed by atoms with Crippen LogP contribution in [0, 0.1) is 0 Å². The molecule has 0 fully saturated rings. The minimum Gasteiger partial charge on any atom is -0.478 e. The van der Waals surface area contributed by atoms with Crippen molar-refractivity contribution in [2.75, 3.05) is 0 Å². The van der Waals surface area contributed by atoms with Gasteiger partial charge in [0.2, 0.25) is 0 Å². The summed E-state index contributed by atoms with van der Waals surface area (Å²) in [6.07, 6.45) is 0. The van der Waals surface area contributed by atoms with Gasteiger partial charge in [0, 0.05) is 10.0 Å². The zero-order chi connectivity index (χ0) is 31.3. The standard InChI is InChI=1S/C30H16Cl2O11/c31-17-11-7-15(8-12-17)27(37)41-21-5-1-3-19(23(21)25(33)34)29(39)43-30(40)20-4-2-6-22(24(20)26(35)36)42-28(38)16-9-13-18(32)14-10-16/h1-14H,(H,33,34)(H,35,36). The van der Waals surface area contributed by atoms with E-state index in [2.05, 4.69) is 0 Å². The number of esters is 4. The fraction of sp³-hybridized carbons (Fsp3) is 0. The van der Waals surface area contributed by atoms with Gasteiger partial charge >= 0.3 is 35.8 Å². The van der Waals surface area contributed by atoms with Gasteiger partial charge in [-0.1, -0.05) is 35.3 Å². The predicted octanol–water partition coefficient (Wildman–Crippen LogP) is 5.83. The Morgan fingerprint density at radius 2 is 0.837 bits per heavy atom. The van der Waals surface area contributed by atoms with Crippen LogP contribution >= 0.6 is 23.2 Å². The Kier molecular flexibility index (Phi) is 9.19. The van der Waals surface area contributed by atoms with E-state index < -0.39 is 69.6 Å². The van der Waals surface area contributed by atoms with Crippen LogP contribution in [0.25, 0.3) is 0 Å². The number of rotatable bonds is 8. The first-order valence-electron chi connectivity index (χ1n) is 11.9. The Hall–Kier alpha value is -5.52. The SMILES string of the molecule is O=C(Oc1cccc(C(=O)OC(=O)c2cccc(OC(=O)c3ccc(Cl)cc3)c2C(=O)O)c1C(=O)O)c1ccc(Cl)cc1. The highest BCUT2D eigenvalue weighted by molar-refractivity contribution is 6.31. The molecule has 0 atom stereocenters. The third kappa shape index (κ3) is 7.04. The van der Waals surface area contributed by atoms with Crippen molar-refractivity contribution >= 4 is 59.0 Å². The van der Waals surface area contributed by atoms with E-state index in [1.165, 1.54) is 60.7 Å². The number of carboxylic acid groups (broad SMARTS) is 2. The molecule has 0 aliphatic carbocycles. The second kappa shape index (κ2) is 13.0. The highest BCUT2D eigenvalue weighted by Crippen LogP contribution is 2.28. The van der Waals surface area contributed by atoms with Gasteiger partial charge in [0.1, 0.15) is 22.6 Å². The van der Waals surface area contributed by atoms with E-state index in [1.54, 1.807) is 0 Å². The quantitative estimate of drug-likeness (QED) is 0.138. The topological polar surface area (TPSA) is 171 Å². The maximum atomic E-state index is 13.0. The Morgan fingerprint density at radius 1 is 0.488 bits per heavy atom. The van der Waals surface area contributed by atoms with Crippen LogP contribution in [0.1, 0.15) is 62.1 Å². The van der Waals surface area contributed by atoms with Crippen molar-refractivity contribution in [1.29, 1.82) is 0 Å². The molecule has 0 aliphatic rings. The first-order valence-corrected chi connectivity index (χ1v) is 12.7. The smallest absolute Gasteiger partial charge is 0.347 e. The van der Waals surface area contributed by atoms with Gasteiger partial charge in [-0.3, -0.25) is 0 Å². The fourth-order valence-corrected chi connectivity index (χ4v) is 3.95. The Labute approximate surface area is 251 Å². The lowest BCUT2D eigenvalue weighted by molar-refractivity contribution is 0.0383. The number of hydrogen-bond acceptors (Lipinski definition) is 9. The van der Waals surface area contributed by atoms with Crippen LogP contribution in [0.2, 0.25) is 10.0 Å². The van der Waals surface area contributed by atoms with Gasteiger partial charge in [-0.05, 0) is 72.8 Å². The van der Waals surface area contributed by atoms with Crippen LogP contribution in [-0.2, 0) is 4.74 Å². The summed E-state index contributed by atoms with van der Waals surface area (Å²) in [4.78, 5) is 75.1. The molecule has 0 saturated heterocycles. The number of hydrogen-bond donors (Lipinski definition) is 2. The molecule has 4 aromatic carbocycles. The molecule has 4 aromatic rings. The molecule has 0 heterocycles. The number of carboxylic acids is 2. The van der Waals surface area contributed by atoms with Crippen LogP contribution < -0.4 is 9.47 Å². The number of aromatic carboxylic acids is 2. The van der Waals surface area contributed by atoms with E-state index >= 15 is 0 Å². The summed E-state index contributed by atoms with van der Waals surface area (Å²) in [5.41, 5.74) is -2.89. The van der Waals surface area contributed by atoms with E-state index in [9.17, 15) is 39.0 Å². The summed E-state index contributed by atoms with van der Waals surface area (Å²) in [6.45, 7) is 0. The molecule has 11 nitrogen and oxygen atoms in total. The normalized spacial score (nSPS) is 10.4. The van der Waals surface area contributed by atoms with Gasteiger partial charge in [0.25, 0.3) is 0 Å². The molecular formula is C30H16Cl2O11. The minimum absolute atomic E-state index is 0.0294. The first kappa shape index (κ1) is 30.4. The van der Waals surface area contributed by atoms with Gasteiger partial charge in [-0.15, -0.1) is 0 Å². The van der Waals surface area contributed by atoms with E-state index in [1.807, 2.05) is 0 Å². The van der Waals surface area contributed by atoms with Crippen molar-refractivity contribution in [2.45, 2.75) is 0 Å². The molecule has 13 heteroatoms. The van der Waals surface area contributed by atoms with E-state index in [0.29, 0.717) is 10.0 Å². The highest BCUT2D eigenvalue weighted by Gasteiger charge is 2.29. The van der Waals surface area contributed by atoms with Gasteiger partial charge < -0.3 is 24.4 Å². The van der Waals surface area contributed by atoms with Crippen molar-refractivity contribution in [3.8, 4) is 11.5 Å². The molecular weight excluding hydrogens is 607 g/mol. The average Bonchev–Trinajstić information content (AvgIpc) is 2.97. The van der Waals surface area contributed by atoms with Crippen molar-refractivity contribution < 1.29 is 53.2 Å². The third-order valence-electron chi connectivity index (χ3n) is 5.67. The molecule has 0 radical (unpaired) electrons. The third-order valence-corrected chi connectivity index (χ3v) is 6.17. The summed E-state index contributed by atoms with van der Waals surface area (Å²) in [5, 5.41) is 20.2. The monoisotopic (exact) mass is 622 g/mol. The summed E-state index contributed by atoms with van der Waals surface area (Å²) >= 11 is 11.6. The molecule has 0 amide bonds. The second-order valence-electron chi connectivity index (χ2n) is 8.44. The van der Waals surface area contributed by atoms with E-state index in [-0.39, 0.29) is 11.1 Å².